The minimum atomic E-state index is -0.917. The first-order chi connectivity index (χ1) is 24.5. The Morgan fingerprint density at radius 3 is 2.31 bits per heavy atom. The first-order valence-electron chi connectivity index (χ1n) is 16.3. The van der Waals surface area contributed by atoms with Crippen molar-refractivity contribution in [3.05, 3.63) is 116 Å². The molecule has 3 fully saturated rings. The molecule has 1 amide bonds. The number of amides is 1. The third-order valence-electron chi connectivity index (χ3n) is 9.30. The van der Waals surface area contributed by atoms with Crippen molar-refractivity contribution in [2.24, 2.45) is 5.92 Å². The molecule has 1 aromatic heterocycles. The molecule has 0 radical (unpaired) electrons. The predicted octanol–water partition coefficient (Wildman–Crippen LogP) is 6.87. The average molecular weight is 741 g/mol. The molecule has 2 bridgehead atoms. The number of phenols is 1. The number of aromatic hydroxyl groups is 1. The molecule has 3 saturated heterocycles. The second kappa shape index (κ2) is 15.6. The minimum absolute atomic E-state index is 0.0317. The van der Waals surface area contributed by atoms with Crippen LogP contribution in [0.15, 0.2) is 73.1 Å². The average Bonchev–Trinajstić information content (AvgIpc) is 3.13. The van der Waals surface area contributed by atoms with E-state index in [0.29, 0.717) is 39.5 Å². The summed E-state index contributed by atoms with van der Waals surface area (Å²) < 4.78 is 38.3. The number of esters is 1. The Balaban J connectivity index is 1.23. The Morgan fingerprint density at radius 2 is 1.69 bits per heavy atom. The summed E-state index contributed by atoms with van der Waals surface area (Å²) in [4.78, 5) is 30.6. The SMILES string of the molecule is COc1ccc(C(Cc2c(Cl)c[n+]([O-])cc2Cl)OC(=O)c2ccc(CN(C(=O)O[C@H]3CN4CCC3CC4)c3cc(O)ccc3F)cc2)cc1OC. The topological polar surface area (TPSA) is 125 Å². The van der Waals surface area contributed by atoms with Gasteiger partial charge in [0.2, 0.25) is 0 Å². The smallest absolute Gasteiger partial charge is 0.415 e. The lowest BCUT2D eigenvalue weighted by Gasteiger charge is -2.44. The number of benzene rings is 3. The number of pyridine rings is 1. The number of halogens is 3. The van der Waals surface area contributed by atoms with Gasteiger partial charge in [-0.05, 0) is 79.4 Å². The number of hydrogen-bond donors (Lipinski definition) is 1. The zero-order valence-electron chi connectivity index (χ0n) is 27.9. The number of rotatable bonds is 11. The number of nitrogens with zero attached hydrogens (tertiary/aromatic N) is 3. The van der Waals surface area contributed by atoms with Crippen LogP contribution < -0.4 is 19.1 Å². The monoisotopic (exact) mass is 739 g/mol. The van der Waals surface area contributed by atoms with Gasteiger partial charge in [-0.25, -0.2) is 14.0 Å². The number of anilines is 1. The van der Waals surface area contributed by atoms with E-state index in [4.69, 9.17) is 42.1 Å². The van der Waals surface area contributed by atoms with Gasteiger partial charge in [0.1, 0.15) is 33.8 Å². The van der Waals surface area contributed by atoms with Crippen LogP contribution in [-0.4, -0.2) is 62.0 Å². The Labute approximate surface area is 304 Å². The number of carbonyl (C=O) groups is 2. The van der Waals surface area contributed by atoms with Gasteiger partial charge in [-0.2, -0.15) is 4.73 Å². The van der Waals surface area contributed by atoms with E-state index in [1.807, 2.05) is 0 Å². The van der Waals surface area contributed by atoms with Crippen molar-refractivity contribution in [3.63, 3.8) is 0 Å². The van der Waals surface area contributed by atoms with Gasteiger partial charge < -0.3 is 29.3 Å². The fourth-order valence-corrected chi connectivity index (χ4v) is 7.11. The maximum absolute atomic E-state index is 15.1. The number of piperidine rings is 3. The largest absolute Gasteiger partial charge is 0.619 e. The molecule has 1 unspecified atom stereocenters. The lowest BCUT2D eigenvalue weighted by atomic mass is 9.86. The van der Waals surface area contributed by atoms with Crippen molar-refractivity contribution in [1.82, 2.24) is 4.90 Å². The first kappa shape index (κ1) is 36.0. The van der Waals surface area contributed by atoms with E-state index in [-0.39, 0.29) is 52.0 Å². The van der Waals surface area contributed by atoms with Crippen LogP contribution in [0, 0.1) is 16.9 Å². The highest BCUT2D eigenvalue weighted by atomic mass is 35.5. The van der Waals surface area contributed by atoms with Crippen molar-refractivity contribution in [2.45, 2.75) is 38.0 Å². The zero-order chi connectivity index (χ0) is 36.2. The Kier molecular flexibility index (Phi) is 11.0. The molecular weight excluding hydrogens is 704 g/mol. The molecular formula is C37H36Cl2FN3O8. The molecule has 51 heavy (non-hydrogen) atoms. The number of carbonyl (C=O) groups excluding carboxylic acids is 2. The molecule has 0 saturated carbocycles. The van der Waals surface area contributed by atoms with Crippen molar-refractivity contribution in [1.29, 1.82) is 0 Å². The fraction of sp³-hybridized carbons (Fsp3) is 0.324. The van der Waals surface area contributed by atoms with E-state index in [1.165, 1.54) is 38.5 Å². The summed E-state index contributed by atoms with van der Waals surface area (Å²) in [6.07, 6.45) is 2.23. The summed E-state index contributed by atoms with van der Waals surface area (Å²) in [7, 11) is 2.98. The van der Waals surface area contributed by atoms with Gasteiger partial charge in [-0.15, -0.1) is 0 Å². The van der Waals surface area contributed by atoms with Gasteiger partial charge in [0.25, 0.3) is 0 Å². The molecule has 14 heteroatoms. The highest BCUT2D eigenvalue weighted by Gasteiger charge is 2.38. The molecule has 268 valence electrons. The van der Waals surface area contributed by atoms with Crippen LogP contribution >= 0.6 is 23.2 Å². The number of ether oxygens (including phenoxy) is 4. The van der Waals surface area contributed by atoms with Crippen LogP contribution in [0.5, 0.6) is 17.2 Å². The van der Waals surface area contributed by atoms with E-state index in [9.17, 15) is 19.9 Å². The first-order valence-corrected chi connectivity index (χ1v) is 17.1. The summed E-state index contributed by atoms with van der Waals surface area (Å²) in [6, 6.07) is 14.8. The number of fused-ring (bicyclic) bond motifs is 3. The summed E-state index contributed by atoms with van der Waals surface area (Å²) in [5.74, 6) is -0.482. The third-order valence-corrected chi connectivity index (χ3v) is 9.95. The minimum Gasteiger partial charge on any atom is -0.619 e. The van der Waals surface area contributed by atoms with E-state index in [1.54, 1.807) is 30.3 Å². The van der Waals surface area contributed by atoms with E-state index < -0.39 is 24.0 Å². The van der Waals surface area contributed by atoms with Gasteiger partial charge in [0.05, 0.1) is 32.0 Å². The second-order valence-electron chi connectivity index (χ2n) is 12.5. The zero-order valence-corrected chi connectivity index (χ0v) is 29.4. The maximum Gasteiger partial charge on any atom is 0.415 e. The lowest BCUT2D eigenvalue weighted by molar-refractivity contribution is -0.605. The standard InChI is InChI=1S/C37H36Cl2FN3O8/c1-48-32-10-7-25(15-34(32)49-2)33(17-27-28(38)19-42(47)20-29(27)39)50-36(45)24-5-3-22(4-6-24)18-43(31-16-26(44)8-9-30(31)40)37(46)51-35-21-41-13-11-23(35)12-14-41/h3-10,15-16,19-20,23,33,35,44H,11-14,17-18,21H2,1-2H3/t33?,35-/m0/s1. The quantitative estimate of drug-likeness (QED) is 0.0997. The molecule has 3 aromatic carbocycles. The van der Waals surface area contributed by atoms with Crippen molar-refractivity contribution in [3.8, 4) is 17.2 Å². The molecule has 3 aliphatic heterocycles. The molecule has 4 heterocycles. The van der Waals surface area contributed by atoms with Crippen molar-refractivity contribution < 1.29 is 42.8 Å². The molecule has 1 N–H and O–H groups in total. The highest BCUT2D eigenvalue weighted by molar-refractivity contribution is 6.35. The molecule has 4 aromatic rings. The predicted molar refractivity (Wildman–Crippen MR) is 187 cm³/mol. The number of hydrogen-bond acceptors (Lipinski definition) is 9. The van der Waals surface area contributed by atoms with E-state index in [0.717, 1.165) is 49.3 Å². The summed E-state index contributed by atoms with van der Waals surface area (Å²) >= 11 is 12.7. The van der Waals surface area contributed by atoms with Gasteiger partial charge >= 0.3 is 12.1 Å². The van der Waals surface area contributed by atoms with Crippen LogP contribution in [-0.2, 0) is 22.4 Å². The number of aromatic nitrogens is 1. The summed E-state index contributed by atoms with van der Waals surface area (Å²) in [5, 5.41) is 22.2. The third kappa shape index (κ3) is 8.24. The Bertz CT molecular complexity index is 1880. The van der Waals surface area contributed by atoms with Crippen LogP contribution in [0.3, 0.4) is 0 Å². The van der Waals surface area contributed by atoms with E-state index in [2.05, 4.69) is 4.90 Å². The van der Waals surface area contributed by atoms with E-state index >= 15 is 4.39 Å². The fourth-order valence-electron chi connectivity index (χ4n) is 6.51. The van der Waals surface area contributed by atoms with Crippen molar-refractivity contribution >= 4 is 41.0 Å². The molecule has 3 aliphatic rings. The normalized spacial score (nSPS) is 18.5. The lowest BCUT2D eigenvalue weighted by Crippen LogP contribution is -2.53. The summed E-state index contributed by atoms with van der Waals surface area (Å²) in [6.45, 7) is 2.44. The van der Waals surface area contributed by atoms with Crippen LogP contribution in [0.1, 0.15) is 46.0 Å². The molecule has 11 nitrogen and oxygen atoms in total. The maximum atomic E-state index is 15.1. The Hall–Kier alpha value is -4.78. The molecule has 0 spiro atoms. The highest BCUT2D eigenvalue weighted by Crippen LogP contribution is 2.36. The van der Waals surface area contributed by atoms with Crippen LogP contribution in [0.25, 0.3) is 0 Å². The molecule has 2 atom stereocenters. The van der Waals surface area contributed by atoms with Crippen LogP contribution in [0.4, 0.5) is 14.9 Å². The van der Waals surface area contributed by atoms with Gasteiger partial charge in [-0.3, -0.25) is 9.80 Å². The molecule has 0 aliphatic carbocycles. The van der Waals surface area contributed by atoms with Gasteiger partial charge in [-0.1, -0.05) is 41.4 Å². The van der Waals surface area contributed by atoms with Crippen molar-refractivity contribution in [2.75, 3.05) is 38.8 Å². The van der Waals surface area contributed by atoms with Crippen LogP contribution in [0.2, 0.25) is 10.0 Å². The molecule has 7 rings (SSSR count). The summed E-state index contributed by atoms with van der Waals surface area (Å²) in [5.41, 5.74) is 1.57. The van der Waals surface area contributed by atoms with Gasteiger partial charge in [0, 0.05) is 24.6 Å². The number of phenolic OH excluding ortho intramolecular Hbond substituents is 1. The Morgan fingerprint density at radius 1 is 1.00 bits per heavy atom. The van der Waals surface area contributed by atoms with Gasteiger partial charge in [0.15, 0.2) is 23.9 Å². The number of methoxy groups -OCH3 is 2. The second-order valence-corrected chi connectivity index (χ2v) is 13.3.